The molecule has 4 nitrogen and oxygen atoms in total. The van der Waals surface area contributed by atoms with Gasteiger partial charge in [-0.1, -0.05) is 30.3 Å². The van der Waals surface area contributed by atoms with E-state index in [1.807, 2.05) is 0 Å². The molecule has 98 valence electrons. The van der Waals surface area contributed by atoms with E-state index in [0.717, 1.165) is 32.5 Å². The number of nitrogens with one attached hydrogen (secondary N) is 2. The molecule has 3 unspecified atom stereocenters. The molecule has 3 rings (SSSR count). The molecule has 18 heavy (non-hydrogen) atoms. The van der Waals surface area contributed by atoms with E-state index >= 15 is 0 Å². The predicted octanol–water partition coefficient (Wildman–Crippen LogP) is 0.627. The van der Waals surface area contributed by atoms with Crippen LogP contribution in [0.4, 0.5) is 0 Å². The van der Waals surface area contributed by atoms with Gasteiger partial charge in [-0.05, 0) is 24.9 Å². The minimum absolute atomic E-state index is 0.379. The number of hydrogen-bond donors (Lipinski definition) is 3. The molecule has 4 N–H and O–H groups in total. The third-order valence-electron chi connectivity index (χ3n) is 3.97. The maximum atomic E-state index is 5.94. The molecular formula is C14H22N4. The number of benzene rings is 1. The Bertz CT molecular complexity index is 381. The molecule has 1 aromatic rings. The van der Waals surface area contributed by atoms with Crippen LogP contribution in [0.2, 0.25) is 0 Å². The Kier molecular flexibility index (Phi) is 3.61. The average molecular weight is 246 g/mol. The molecule has 4 heteroatoms. The zero-order valence-electron chi connectivity index (χ0n) is 10.7. The summed E-state index contributed by atoms with van der Waals surface area (Å²) in [5, 5.41) is 0. The fourth-order valence-electron chi connectivity index (χ4n) is 2.99. The number of rotatable bonds is 3. The summed E-state index contributed by atoms with van der Waals surface area (Å²) in [7, 11) is 0. The van der Waals surface area contributed by atoms with E-state index in [2.05, 4.69) is 46.1 Å². The fourth-order valence-corrected chi connectivity index (χ4v) is 2.99. The summed E-state index contributed by atoms with van der Waals surface area (Å²) in [6, 6.07) is 12.0. The largest absolute Gasteiger partial charge is 0.326 e. The van der Waals surface area contributed by atoms with Crippen molar-refractivity contribution >= 4 is 0 Å². The van der Waals surface area contributed by atoms with E-state index in [9.17, 15) is 0 Å². The molecule has 0 aromatic heterocycles. The van der Waals surface area contributed by atoms with Crippen molar-refractivity contribution in [2.45, 2.75) is 31.0 Å². The van der Waals surface area contributed by atoms with Gasteiger partial charge in [0.15, 0.2) is 0 Å². The molecule has 0 bridgehead atoms. The lowest BCUT2D eigenvalue weighted by Gasteiger charge is -2.19. The van der Waals surface area contributed by atoms with Gasteiger partial charge in [0.25, 0.3) is 0 Å². The zero-order chi connectivity index (χ0) is 12.4. The Balaban J connectivity index is 1.53. The lowest BCUT2D eigenvalue weighted by molar-refractivity contribution is 0.295. The van der Waals surface area contributed by atoms with Crippen LogP contribution in [0.5, 0.6) is 0 Å². The zero-order valence-corrected chi connectivity index (χ0v) is 10.7. The minimum atomic E-state index is 0.379. The van der Waals surface area contributed by atoms with Gasteiger partial charge in [0.05, 0.1) is 0 Å². The minimum Gasteiger partial charge on any atom is -0.326 e. The first-order chi connectivity index (χ1) is 8.81. The Morgan fingerprint density at radius 1 is 1.22 bits per heavy atom. The van der Waals surface area contributed by atoms with Gasteiger partial charge in [-0.3, -0.25) is 5.43 Å². The third kappa shape index (κ3) is 2.72. The molecule has 0 aliphatic carbocycles. The number of hydrazine groups is 1. The van der Waals surface area contributed by atoms with Crippen LogP contribution >= 0.6 is 0 Å². The molecule has 0 spiro atoms. The van der Waals surface area contributed by atoms with Crippen LogP contribution in [0, 0.1) is 0 Å². The Hall–Kier alpha value is -0.940. The van der Waals surface area contributed by atoms with E-state index in [-0.39, 0.29) is 0 Å². The van der Waals surface area contributed by atoms with Crippen molar-refractivity contribution in [1.82, 2.24) is 15.8 Å². The first kappa shape index (κ1) is 12.1. The second kappa shape index (κ2) is 5.36. The van der Waals surface area contributed by atoms with E-state index in [1.165, 1.54) is 5.56 Å². The van der Waals surface area contributed by atoms with Crippen LogP contribution in [-0.2, 0) is 0 Å². The lowest BCUT2D eigenvalue weighted by Crippen LogP contribution is -2.40. The van der Waals surface area contributed by atoms with Gasteiger partial charge in [-0.25, -0.2) is 5.43 Å². The Morgan fingerprint density at radius 3 is 2.78 bits per heavy atom. The van der Waals surface area contributed by atoms with Crippen LogP contribution in [-0.4, -0.2) is 36.6 Å². The van der Waals surface area contributed by atoms with Gasteiger partial charge >= 0.3 is 0 Å². The monoisotopic (exact) mass is 246 g/mol. The van der Waals surface area contributed by atoms with Crippen LogP contribution < -0.4 is 16.6 Å². The van der Waals surface area contributed by atoms with Crippen LogP contribution in [0.15, 0.2) is 30.3 Å². The maximum Gasteiger partial charge on any atom is 0.0478 e. The molecule has 1 aromatic carbocycles. The highest BCUT2D eigenvalue weighted by Gasteiger charge is 2.28. The average Bonchev–Trinajstić information content (AvgIpc) is 3.01. The smallest absolute Gasteiger partial charge is 0.0478 e. The summed E-state index contributed by atoms with van der Waals surface area (Å²) in [5.74, 6) is 0. The summed E-state index contributed by atoms with van der Waals surface area (Å²) in [6.07, 6.45) is 2.29. The third-order valence-corrected chi connectivity index (χ3v) is 3.97. The van der Waals surface area contributed by atoms with Crippen LogP contribution in [0.1, 0.15) is 24.4 Å². The van der Waals surface area contributed by atoms with Crippen molar-refractivity contribution in [2.75, 3.05) is 19.6 Å². The van der Waals surface area contributed by atoms with Gasteiger partial charge in [0.1, 0.15) is 0 Å². The van der Waals surface area contributed by atoms with Crippen molar-refractivity contribution in [3.8, 4) is 0 Å². The summed E-state index contributed by atoms with van der Waals surface area (Å²) < 4.78 is 0. The Labute approximate surface area is 109 Å². The van der Waals surface area contributed by atoms with Gasteiger partial charge < -0.3 is 10.6 Å². The summed E-state index contributed by atoms with van der Waals surface area (Å²) in [5.41, 5.74) is 14.1. The van der Waals surface area contributed by atoms with E-state index in [1.54, 1.807) is 0 Å². The SMILES string of the molecule is NC1CCN(CC2CC(c3ccccc3)NN2)C1. The molecule has 2 aliphatic heterocycles. The van der Waals surface area contributed by atoms with E-state index in [4.69, 9.17) is 5.73 Å². The summed E-state index contributed by atoms with van der Waals surface area (Å²) in [6.45, 7) is 3.30. The number of nitrogens with zero attached hydrogens (tertiary/aromatic N) is 1. The van der Waals surface area contributed by atoms with Crippen molar-refractivity contribution in [1.29, 1.82) is 0 Å². The van der Waals surface area contributed by atoms with Gasteiger partial charge in [0.2, 0.25) is 0 Å². The number of likely N-dealkylation sites (tertiary alicyclic amines) is 1. The van der Waals surface area contributed by atoms with Gasteiger partial charge in [0, 0.05) is 31.2 Å². The van der Waals surface area contributed by atoms with Crippen molar-refractivity contribution in [3.63, 3.8) is 0 Å². The lowest BCUT2D eigenvalue weighted by atomic mass is 10.0. The molecule has 0 radical (unpaired) electrons. The van der Waals surface area contributed by atoms with Crippen molar-refractivity contribution in [2.24, 2.45) is 5.73 Å². The molecule has 2 saturated heterocycles. The first-order valence-corrected chi connectivity index (χ1v) is 6.85. The standard InChI is InChI=1S/C14H22N4/c15-12-6-7-18(9-12)10-13-8-14(17-16-13)11-4-2-1-3-5-11/h1-5,12-14,16-17H,6-10,15H2. The fraction of sp³-hybridized carbons (Fsp3) is 0.571. The molecule has 0 saturated carbocycles. The maximum absolute atomic E-state index is 5.94. The number of nitrogens with two attached hydrogens (primary N) is 1. The predicted molar refractivity (Wildman–Crippen MR) is 72.9 cm³/mol. The molecule has 2 fully saturated rings. The van der Waals surface area contributed by atoms with Crippen molar-refractivity contribution in [3.05, 3.63) is 35.9 Å². The summed E-state index contributed by atoms with van der Waals surface area (Å²) >= 11 is 0. The highest BCUT2D eigenvalue weighted by molar-refractivity contribution is 5.20. The van der Waals surface area contributed by atoms with Crippen LogP contribution in [0.3, 0.4) is 0 Å². The normalized spacial score (nSPS) is 33.1. The molecule has 0 amide bonds. The van der Waals surface area contributed by atoms with Gasteiger partial charge in [-0.2, -0.15) is 0 Å². The van der Waals surface area contributed by atoms with Crippen LogP contribution in [0.25, 0.3) is 0 Å². The van der Waals surface area contributed by atoms with E-state index < -0.39 is 0 Å². The molecule has 2 aliphatic rings. The van der Waals surface area contributed by atoms with Crippen molar-refractivity contribution < 1.29 is 0 Å². The topological polar surface area (TPSA) is 53.3 Å². The quantitative estimate of drug-likeness (QED) is 0.732. The molecule has 2 heterocycles. The highest BCUT2D eigenvalue weighted by Crippen LogP contribution is 2.22. The number of hydrogen-bond acceptors (Lipinski definition) is 4. The van der Waals surface area contributed by atoms with Gasteiger partial charge in [-0.15, -0.1) is 0 Å². The summed E-state index contributed by atoms with van der Waals surface area (Å²) in [4.78, 5) is 2.47. The first-order valence-electron chi connectivity index (χ1n) is 6.85. The van der Waals surface area contributed by atoms with E-state index in [0.29, 0.717) is 18.1 Å². The second-order valence-electron chi connectivity index (χ2n) is 5.49. The Morgan fingerprint density at radius 2 is 2.06 bits per heavy atom. The second-order valence-corrected chi connectivity index (χ2v) is 5.49. The highest BCUT2D eigenvalue weighted by atomic mass is 15.4. The molecular weight excluding hydrogens is 224 g/mol. The molecule has 3 atom stereocenters.